The monoisotopic (exact) mass is 705 g/mol. The normalized spacial score (nSPS) is 27.3. The Morgan fingerprint density at radius 2 is 2.04 bits per heavy atom. The summed E-state index contributed by atoms with van der Waals surface area (Å²) in [5.74, 6) is -0.786. The van der Waals surface area contributed by atoms with Gasteiger partial charge in [0.1, 0.15) is 41.7 Å². The minimum absolute atomic E-state index is 0.0310. The van der Waals surface area contributed by atoms with Crippen LogP contribution in [0.1, 0.15) is 62.6 Å². The van der Waals surface area contributed by atoms with Gasteiger partial charge in [-0.25, -0.2) is 14.7 Å². The second-order valence-electron chi connectivity index (χ2n) is 13.5. The first-order valence-corrected chi connectivity index (χ1v) is 17.3. The van der Waals surface area contributed by atoms with Crippen LogP contribution in [0.15, 0.2) is 39.8 Å². The Kier molecular flexibility index (Phi) is 9.26. The van der Waals surface area contributed by atoms with Gasteiger partial charge in [0.2, 0.25) is 17.4 Å². The van der Waals surface area contributed by atoms with Crippen molar-refractivity contribution in [1.29, 1.82) is 5.41 Å². The third-order valence-corrected chi connectivity index (χ3v) is 10.7. The number of aliphatic hydroxyl groups excluding tert-OH is 1. The van der Waals surface area contributed by atoms with Gasteiger partial charge in [0.05, 0.1) is 43.2 Å². The van der Waals surface area contributed by atoms with Crippen molar-refractivity contribution >= 4 is 41.2 Å². The molecular formula is C35H43N7O9+2. The van der Waals surface area contributed by atoms with Gasteiger partial charge in [-0.05, 0) is 38.7 Å². The van der Waals surface area contributed by atoms with Crippen LogP contribution in [-0.2, 0) is 32.1 Å². The van der Waals surface area contributed by atoms with Gasteiger partial charge in [0, 0.05) is 17.6 Å². The van der Waals surface area contributed by atoms with Crippen molar-refractivity contribution in [3.63, 3.8) is 0 Å². The molecule has 1 aromatic rings. The van der Waals surface area contributed by atoms with Crippen LogP contribution in [-0.4, -0.2) is 90.8 Å². The van der Waals surface area contributed by atoms with Crippen molar-refractivity contribution in [2.45, 2.75) is 77.0 Å². The number of carbonyl (C=O) groups excluding carboxylic acids is 3. The Bertz CT molecular complexity index is 1840. The Morgan fingerprint density at radius 3 is 2.75 bits per heavy atom. The molecule has 0 aromatic heterocycles. The molecule has 6 aliphatic rings. The summed E-state index contributed by atoms with van der Waals surface area (Å²) in [6.45, 7) is 3.42. The summed E-state index contributed by atoms with van der Waals surface area (Å²) in [6, 6.07) is 0. The molecule has 5 aliphatic heterocycles. The summed E-state index contributed by atoms with van der Waals surface area (Å²) < 4.78 is 24.0. The van der Waals surface area contributed by atoms with Gasteiger partial charge < -0.3 is 29.2 Å². The number of benzene rings is 1. The van der Waals surface area contributed by atoms with Crippen molar-refractivity contribution in [1.82, 2.24) is 10.6 Å². The maximum Gasteiger partial charge on any atom is 0.375 e. The Labute approximate surface area is 294 Å². The molecule has 5 heterocycles. The van der Waals surface area contributed by atoms with E-state index in [0.29, 0.717) is 40.3 Å². The first-order valence-electron chi connectivity index (χ1n) is 17.3. The number of nitrogens with one attached hydrogen (secondary N) is 5. The number of quaternary nitrogens is 2. The van der Waals surface area contributed by atoms with Gasteiger partial charge in [-0.2, -0.15) is 9.89 Å². The number of aldehydes is 1. The molecule has 1 fully saturated rings. The Balaban J connectivity index is 1.30. The van der Waals surface area contributed by atoms with Gasteiger partial charge in [-0.1, -0.05) is 19.3 Å². The first-order chi connectivity index (χ1) is 24.6. The molecule has 7 rings (SSSR count). The molecule has 16 heteroatoms. The summed E-state index contributed by atoms with van der Waals surface area (Å²) in [5.41, 5.74) is 0.532. The quantitative estimate of drug-likeness (QED) is 0.112. The number of guanidine groups is 1. The van der Waals surface area contributed by atoms with Gasteiger partial charge in [-0.3, -0.25) is 25.6 Å². The Hall–Kier alpha value is -4.90. The fourth-order valence-electron chi connectivity index (χ4n) is 8.07. The van der Waals surface area contributed by atoms with E-state index in [2.05, 4.69) is 20.6 Å². The summed E-state index contributed by atoms with van der Waals surface area (Å²) >= 11 is 0. The second kappa shape index (κ2) is 13.7. The SMILES string of the molecule is CCOC(=O)C1=C(C=O)/C(=C\C[NH+]2C=CNC2[NH+]2CN=C3C(=O)NC(=N)N=C32)c2c(OC)c3c(c(CO)c2O1)O[C@H]([C@](C)(O)C1CCCCC1)C3. The molecule has 16 nitrogen and oxygen atoms in total. The largest absolute Gasteiger partial charge is 0.496 e. The average Bonchev–Trinajstić information content (AvgIpc) is 3.88. The lowest BCUT2D eigenvalue weighted by Crippen LogP contribution is -3.36. The summed E-state index contributed by atoms with van der Waals surface area (Å²) in [6.07, 6.45) is 10.2. The van der Waals surface area contributed by atoms with E-state index in [1.54, 1.807) is 26.1 Å². The highest BCUT2D eigenvalue weighted by Crippen LogP contribution is 2.55. The lowest BCUT2D eigenvalue weighted by Gasteiger charge is -2.39. The molecule has 1 aliphatic carbocycles. The number of hydrogen-bond donors (Lipinski definition) is 7. The van der Waals surface area contributed by atoms with E-state index in [9.17, 15) is 24.6 Å². The molecule has 1 aromatic carbocycles. The van der Waals surface area contributed by atoms with Crippen LogP contribution in [0.25, 0.3) is 5.57 Å². The highest BCUT2D eigenvalue weighted by molar-refractivity contribution is 6.68. The number of allylic oxidation sites excluding steroid dienone is 2. The molecule has 0 bridgehead atoms. The van der Waals surface area contributed by atoms with Crippen LogP contribution in [0, 0.1) is 11.3 Å². The number of hydrogen-bond acceptors (Lipinski definition) is 12. The fourth-order valence-corrected chi connectivity index (χ4v) is 8.07. The van der Waals surface area contributed by atoms with Crippen LogP contribution in [0.3, 0.4) is 0 Å². The van der Waals surface area contributed by atoms with Crippen LogP contribution < -0.4 is 34.6 Å². The molecule has 270 valence electrons. The van der Waals surface area contributed by atoms with Gasteiger partial charge in [0.15, 0.2) is 13.0 Å². The molecule has 7 N–H and O–H groups in total. The van der Waals surface area contributed by atoms with E-state index < -0.39 is 36.5 Å². The summed E-state index contributed by atoms with van der Waals surface area (Å²) in [4.78, 5) is 48.8. The minimum atomic E-state index is -1.17. The topological polar surface area (TPSA) is 210 Å². The average molecular weight is 706 g/mol. The number of amidine groups is 1. The third kappa shape index (κ3) is 5.81. The van der Waals surface area contributed by atoms with Crippen molar-refractivity contribution in [3.05, 3.63) is 46.5 Å². The molecule has 0 saturated heterocycles. The van der Waals surface area contributed by atoms with Crippen LogP contribution in [0.2, 0.25) is 0 Å². The number of fused-ring (bicyclic) bond motifs is 3. The second-order valence-corrected chi connectivity index (χ2v) is 13.5. The fraction of sp³-hybridized carbons (Fsp3) is 0.486. The van der Waals surface area contributed by atoms with Crippen LogP contribution in [0.5, 0.6) is 17.2 Å². The number of amides is 1. The molecule has 1 amide bonds. The van der Waals surface area contributed by atoms with Crippen LogP contribution >= 0.6 is 0 Å². The lowest BCUT2D eigenvalue weighted by molar-refractivity contribution is -1.05. The van der Waals surface area contributed by atoms with Gasteiger partial charge >= 0.3 is 12.3 Å². The van der Waals surface area contributed by atoms with Crippen LogP contribution in [0.4, 0.5) is 0 Å². The first kappa shape index (κ1) is 34.5. The number of aliphatic hydroxyl groups is 2. The number of ether oxygens (including phenoxy) is 4. The third-order valence-electron chi connectivity index (χ3n) is 10.7. The Morgan fingerprint density at radius 1 is 1.25 bits per heavy atom. The molecule has 1 saturated carbocycles. The highest BCUT2D eigenvalue weighted by atomic mass is 16.6. The minimum Gasteiger partial charge on any atom is -0.496 e. The maximum atomic E-state index is 13.3. The smallest absolute Gasteiger partial charge is 0.375 e. The number of nitrogens with zero attached hydrogens (tertiary/aromatic N) is 2. The maximum absolute atomic E-state index is 13.3. The predicted molar refractivity (Wildman–Crippen MR) is 181 cm³/mol. The standard InChI is InChI=1S/C35H41N7O9/c1-4-49-32(46)29-21(15-43)19(10-12-41-13-11-37-34(41)42-17-38-25-30(42)39-33(36)40-31(25)45)24-27(48-3)20-14-23(35(2,47)18-8-6-5-7-9-18)50-26(20)22(16-44)28(24)51-29/h10-11,13,15,18,23,34,37,44,47H,4-9,12,14,16-17H2,1-3H3,(H2,36,40,45)/p+2/b19-10+/t23-,34?,35+/m0/s1. The molecule has 0 radical (unpaired) electrons. The lowest BCUT2D eigenvalue weighted by atomic mass is 9.74. The van der Waals surface area contributed by atoms with E-state index >= 15 is 0 Å². The zero-order valence-electron chi connectivity index (χ0n) is 28.8. The number of carbonyl (C=O) groups is 3. The van der Waals surface area contributed by atoms with Gasteiger partial charge in [-0.15, -0.1) is 0 Å². The van der Waals surface area contributed by atoms with E-state index in [4.69, 9.17) is 24.4 Å². The van der Waals surface area contributed by atoms with E-state index in [-0.39, 0.29) is 66.5 Å². The van der Waals surface area contributed by atoms with Gasteiger partial charge in [0.25, 0.3) is 11.7 Å². The highest BCUT2D eigenvalue weighted by Gasteiger charge is 2.49. The number of esters is 1. The molecular weight excluding hydrogens is 662 g/mol. The van der Waals surface area contributed by atoms with E-state index in [1.165, 1.54) is 7.11 Å². The van der Waals surface area contributed by atoms with E-state index in [0.717, 1.165) is 41.9 Å². The zero-order valence-corrected chi connectivity index (χ0v) is 28.8. The molecule has 3 unspecified atom stereocenters. The summed E-state index contributed by atoms with van der Waals surface area (Å²) in [5, 5.41) is 36.3. The molecule has 5 atom stereocenters. The zero-order chi connectivity index (χ0) is 36.0. The van der Waals surface area contributed by atoms with Crippen molar-refractivity contribution in [2.24, 2.45) is 15.9 Å². The predicted octanol–water partition coefficient (Wildman–Crippen LogP) is -1.38. The van der Waals surface area contributed by atoms with Crippen molar-refractivity contribution in [3.8, 4) is 17.2 Å². The van der Waals surface area contributed by atoms with Crippen molar-refractivity contribution < 1.29 is 53.3 Å². The summed E-state index contributed by atoms with van der Waals surface area (Å²) in [7, 11) is 1.49. The number of rotatable bonds is 10. The molecule has 51 heavy (non-hydrogen) atoms. The van der Waals surface area contributed by atoms with Crippen molar-refractivity contribution in [2.75, 3.05) is 26.9 Å². The number of aliphatic imine (C=N–C) groups is 2. The number of methoxy groups -OCH3 is 1. The van der Waals surface area contributed by atoms with E-state index in [1.807, 2.05) is 6.20 Å². The molecule has 0 spiro atoms.